The Labute approximate surface area is 172 Å². The van der Waals surface area contributed by atoms with E-state index in [0.717, 1.165) is 56.6 Å². The van der Waals surface area contributed by atoms with Crippen molar-refractivity contribution >= 4 is 23.0 Å². The lowest BCUT2D eigenvalue weighted by atomic mass is 10.2. The first-order valence-electron chi connectivity index (χ1n) is 10.2. The second-order valence-corrected chi connectivity index (χ2v) is 7.26. The Morgan fingerprint density at radius 1 is 0.897 bits per heavy atom. The smallest absolute Gasteiger partial charge is 0.161 e. The zero-order chi connectivity index (χ0) is 20.1. The molecule has 0 atom stereocenters. The first-order chi connectivity index (χ1) is 14.3. The molecule has 2 N–H and O–H groups in total. The standard InChI is InChI=1S/C23H28N6/c1-2-29(20-11-7-4-8-12-20)23-21(24)22(25-18-26-23)28-15-13-27(14-16-28)17-19-9-5-3-6-10-19/h3-12,18H,2,13-17,24H2,1H3. The molecule has 1 aliphatic heterocycles. The van der Waals surface area contributed by atoms with E-state index in [9.17, 15) is 0 Å². The van der Waals surface area contributed by atoms with E-state index in [1.165, 1.54) is 5.56 Å². The number of piperazine rings is 1. The van der Waals surface area contributed by atoms with Gasteiger partial charge in [0.1, 0.15) is 12.0 Å². The molecular formula is C23H28N6. The Kier molecular flexibility index (Phi) is 5.91. The lowest BCUT2D eigenvalue weighted by Crippen LogP contribution is -2.46. The summed E-state index contributed by atoms with van der Waals surface area (Å²) in [6.45, 7) is 7.67. The molecular weight excluding hydrogens is 360 g/mol. The van der Waals surface area contributed by atoms with Gasteiger partial charge in [0.2, 0.25) is 0 Å². The summed E-state index contributed by atoms with van der Waals surface area (Å²) in [6, 6.07) is 20.9. The molecule has 1 aromatic heterocycles. The summed E-state index contributed by atoms with van der Waals surface area (Å²) in [5.74, 6) is 1.61. The van der Waals surface area contributed by atoms with Crippen LogP contribution in [0.2, 0.25) is 0 Å². The molecule has 2 heterocycles. The van der Waals surface area contributed by atoms with E-state index in [1.807, 2.05) is 18.2 Å². The fraction of sp³-hybridized carbons (Fsp3) is 0.304. The molecule has 0 bridgehead atoms. The number of hydrogen-bond donors (Lipinski definition) is 1. The fourth-order valence-corrected chi connectivity index (χ4v) is 3.87. The molecule has 0 radical (unpaired) electrons. The van der Waals surface area contributed by atoms with Crippen LogP contribution in [0.4, 0.5) is 23.0 Å². The molecule has 0 spiro atoms. The van der Waals surface area contributed by atoms with Gasteiger partial charge < -0.3 is 15.5 Å². The van der Waals surface area contributed by atoms with Crippen molar-refractivity contribution in [2.24, 2.45) is 0 Å². The molecule has 0 saturated carbocycles. The van der Waals surface area contributed by atoms with Crippen molar-refractivity contribution in [1.82, 2.24) is 14.9 Å². The number of anilines is 4. The lowest BCUT2D eigenvalue weighted by Gasteiger charge is -2.36. The molecule has 0 unspecified atom stereocenters. The molecule has 6 heteroatoms. The Morgan fingerprint density at radius 3 is 2.21 bits per heavy atom. The van der Waals surface area contributed by atoms with Crippen LogP contribution in [0.5, 0.6) is 0 Å². The van der Waals surface area contributed by atoms with E-state index in [2.05, 4.69) is 74.1 Å². The van der Waals surface area contributed by atoms with Gasteiger partial charge in [-0.05, 0) is 24.6 Å². The number of nitrogens with two attached hydrogens (primary N) is 1. The molecule has 150 valence electrons. The molecule has 2 aromatic carbocycles. The first kappa shape index (κ1) is 19.2. The van der Waals surface area contributed by atoms with Crippen LogP contribution >= 0.6 is 0 Å². The zero-order valence-electron chi connectivity index (χ0n) is 16.9. The third-order valence-corrected chi connectivity index (χ3v) is 5.40. The minimum absolute atomic E-state index is 0.648. The van der Waals surface area contributed by atoms with E-state index in [4.69, 9.17) is 5.73 Å². The predicted molar refractivity (Wildman–Crippen MR) is 119 cm³/mol. The lowest BCUT2D eigenvalue weighted by molar-refractivity contribution is 0.249. The van der Waals surface area contributed by atoms with Gasteiger partial charge in [-0.2, -0.15) is 0 Å². The summed E-state index contributed by atoms with van der Waals surface area (Å²) in [7, 11) is 0. The summed E-state index contributed by atoms with van der Waals surface area (Å²) in [6.07, 6.45) is 1.63. The monoisotopic (exact) mass is 388 g/mol. The van der Waals surface area contributed by atoms with E-state index < -0.39 is 0 Å². The van der Waals surface area contributed by atoms with Crippen molar-refractivity contribution in [2.75, 3.05) is 48.3 Å². The number of benzene rings is 2. The molecule has 1 fully saturated rings. The Hall–Kier alpha value is -3.12. The van der Waals surface area contributed by atoms with Crippen molar-refractivity contribution in [1.29, 1.82) is 0 Å². The first-order valence-corrected chi connectivity index (χ1v) is 10.2. The van der Waals surface area contributed by atoms with Gasteiger partial charge in [0.15, 0.2) is 11.6 Å². The van der Waals surface area contributed by atoms with Crippen LogP contribution in [0, 0.1) is 0 Å². The van der Waals surface area contributed by atoms with Crippen molar-refractivity contribution in [3.05, 3.63) is 72.6 Å². The fourth-order valence-electron chi connectivity index (χ4n) is 3.87. The van der Waals surface area contributed by atoms with Crippen LogP contribution in [-0.4, -0.2) is 47.6 Å². The van der Waals surface area contributed by atoms with Crippen LogP contribution in [0.3, 0.4) is 0 Å². The average molecular weight is 389 g/mol. The van der Waals surface area contributed by atoms with Crippen molar-refractivity contribution in [3.8, 4) is 0 Å². The summed E-state index contributed by atoms with van der Waals surface area (Å²) in [5, 5.41) is 0. The Bertz CT molecular complexity index is 907. The number of rotatable bonds is 6. The maximum absolute atomic E-state index is 6.56. The van der Waals surface area contributed by atoms with Crippen LogP contribution in [0.15, 0.2) is 67.0 Å². The van der Waals surface area contributed by atoms with Gasteiger partial charge in [-0.25, -0.2) is 9.97 Å². The van der Waals surface area contributed by atoms with E-state index in [0.29, 0.717) is 5.69 Å². The number of nitrogen functional groups attached to an aromatic ring is 1. The quantitative estimate of drug-likeness (QED) is 0.697. The maximum Gasteiger partial charge on any atom is 0.161 e. The van der Waals surface area contributed by atoms with Crippen LogP contribution < -0.4 is 15.5 Å². The summed E-state index contributed by atoms with van der Waals surface area (Å²) in [4.78, 5) is 15.9. The second kappa shape index (κ2) is 8.92. The maximum atomic E-state index is 6.56. The van der Waals surface area contributed by atoms with Gasteiger partial charge in [-0.15, -0.1) is 0 Å². The van der Waals surface area contributed by atoms with Crippen molar-refractivity contribution < 1.29 is 0 Å². The molecule has 6 nitrogen and oxygen atoms in total. The second-order valence-electron chi connectivity index (χ2n) is 7.26. The summed E-state index contributed by atoms with van der Waals surface area (Å²) < 4.78 is 0. The van der Waals surface area contributed by atoms with Crippen LogP contribution in [0.25, 0.3) is 0 Å². The largest absolute Gasteiger partial charge is 0.393 e. The molecule has 1 saturated heterocycles. The highest BCUT2D eigenvalue weighted by atomic mass is 15.3. The highest BCUT2D eigenvalue weighted by Crippen LogP contribution is 2.33. The van der Waals surface area contributed by atoms with Gasteiger partial charge in [-0.3, -0.25) is 4.90 Å². The van der Waals surface area contributed by atoms with Gasteiger partial charge in [0, 0.05) is 45.0 Å². The third-order valence-electron chi connectivity index (χ3n) is 5.40. The molecule has 29 heavy (non-hydrogen) atoms. The zero-order valence-corrected chi connectivity index (χ0v) is 16.9. The highest BCUT2D eigenvalue weighted by Gasteiger charge is 2.23. The molecule has 3 aromatic rings. The topological polar surface area (TPSA) is 61.5 Å². The summed E-state index contributed by atoms with van der Waals surface area (Å²) >= 11 is 0. The van der Waals surface area contributed by atoms with Crippen molar-refractivity contribution in [2.45, 2.75) is 13.5 Å². The van der Waals surface area contributed by atoms with Crippen LogP contribution in [0.1, 0.15) is 12.5 Å². The van der Waals surface area contributed by atoms with E-state index in [-0.39, 0.29) is 0 Å². The summed E-state index contributed by atoms with van der Waals surface area (Å²) in [5.41, 5.74) is 9.65. The van der Waals surface area contributed by atoms with Crippen molar-refractivity contribution in [3.63, 3.8) is 0 Å². The van der Waals surface area contributed by atoms with Gasteiger partial charge in [0.25, 0.3) is 0 Å². The minimum atomic E-state index is 0.648. The molecule has 4 rings (SSSR count). The van der Waals surface area contributed by atoms with Gasteiger partial charge >= 0.3 is 0 Å². The molecule has 0 aliphatic carbocycles. The number of para-hydroxylation sites is 1. The van der Waals surface area contributed by atoms with Gasteiger partial charge in [-0.1, -0.05) is 48.5 Å². The van der Waals surface area contributed by atoms with E-state index >= 15 is 0 Å². The highest BCUT2D eigenvalue weighted by molar-refractivity contribution is 5.79. The number of nitrogens with zero attached hydrogens (tertiary/aromatic N) is 5. The minimum Gasteiger partial charge on any atom is -0.393 e. The Balaban J connectivity index is 1.48. The number of aromatic nitrogens is 2. The molecule has 1 aliphatic rings. The third kappa shape index (κ3) is 4.32. The predicted octanol–water partition coefficient (Wildman–Crippen LogP) is 3.54. The average Bonchev–Trinajstić information content (AvgIpc) is 2.78. The van der Waals surface area contributed by atoms with Gasteiger partial charge in [0.05, 0.1) is 0 Å². The Morgan fingerprint density at radius 2 is 1.55 bits per heavy atom. The normalized spacial score (nSPS) is 14.7. The SMILES string of the molecule is CCN(c1ccccc1)c1ncnc(N2CCN(Cc3ccccc3)CC2)c1N. The number of hydrogen-bond acceptors (Lipinski definition) is 6. The van der Waals surface area contributed by atoms with Crippen LogP contribution in [-0.2, 0) is 6.54 Å². The van der Waals surface area contributed by atoms with E-state index in [1.54, 1.807) is 6.33 Å². The molecule has 0 amide bonds.